The third-order valence-electron chi connectivity index (χ3n) is 2.71. The Bertz CT molecular complexity index is 733. The zero-order valence-corrected chi connectivity index (χ0v) is 12.7. The Hall–Kier alpha value is -1.64. The van der Waals surface area contributed by atoms with Gasteiger partial charge in [-0.25, -0.2) is 12.8 Å². The predicted molar refractivity (Wildman–Crippen MR) is 78.4 cm³/mol. The smallest absolute Gasteiger partial charge is 0.265 e. The monoisotopic (exact) mass is 332 g/mol. The number of sulfonamides is 1. The maximum atomic E-state index is 13.7. The Kier molecular flexibility index (Phi) is 4.81. The Balaban J connectivity index is 2.22. The minimum Gasteiger partial charge on any atom is -0.318 e. The number of nitrogens with zero attached hydrogens (tertiary/aromatic N) is 2. The lowest BCUT2D eigenvalue weighted by Crippen LogP contribution is -2.15. The van der Waals surface area contributed by atoms with Crippen LogP contribution in [0.3, 0.4) is 0 Å². The summed E-state index contributed by atoms with van der Waals surface area (Å²) in [5.41, 5.74) is -0.203. The van der Waals surface area contributed by atoms with Crippen LogP contribution in [0.5, 0.6) is 0 Å². The largest absolute Gasteiger partial charge is 0.318 e. The van der Waals surface area contributed by atoms with E-state index in [1.165, 1.54) is 35.3 Å². The van der Waals surface area contributed by atoms with Gasteiger partial charge in [0.05, 0.1) is 23.5 Å². The molecule has 2 aromatic rings. The molecule has 0 radical (unpaired) electrons. The lowest BCUT2D eigenvalue weighted by Gasteiger charge is -2.07. The average molecular weight is 333 g/mol. The first-order valence-electron chi connectivity index (χ1n) is 6.08. The van der Waals surface area contributed by atoms with Crippen LogP contribution in [0.25, 0.3) is 0 Å². The number of aromatic nitrogens is 2. The third kappa shape index (κ3) is 3.72. The molecule has 6 nitrogen and oxygen atoms in total. The molecule has 0 saturated heterocycles. The summed E-state index contributed by atoms with van der Waals surface area (Å²) in [7, 11) is -2.13. The number of benzene rings is 1. The molecule has 0 bridgehead atoms. The van der Waals surface area contributed by atoms with Gasteiger partial charge in [0, 0.05) is 12.7 Å². The van der Waals surface area contributed by atoms with Crippen molar-refractivity contribution in [2.45, 2.75) is 11.4 Å². The molecule has 0 aliphatic heterocycles. The van der Waals surface area contributed by atoms with E-state index in [9.17, 15) is 12.8 Å². The summed E-state index contributed by atoms with van der Waals surface area (Å²) in [4.78, 5) is -0.0435. The van der Waals surface area contributed by atoms with Crippen molar-refractivity contribution in [2.75, 3.05) is 18.3 Å². The molecule has 0 saturated carbocycles. The van der Waals surface area contributed by atoms with Crippen molar-refractivity contribution in [3.8, 4) is 0 Å². The first-order chi connectivity index (χ1) is 9.94. The quantitative estimate of drug-likeness (QED) is 0.844. The molecule has 0 atom stereocenters. The Labute approximate surface area is 127 Å². The molecular formula is C12H14ClFN4O2S. The first-order valence-corrected chi connectivity index (χ1v) is 7.94. The van der Waals surface area contributed by atoms with E-state index in [-0.39, 0.29) is 15.6 Å². The summed E-state index contributed by atoms with van der Waals surface area (Å²) in [6.45, 7) is 1.18. The van der Waals surface area contributed by atoms with Gasteiger partial charge in [-0.3, -0.25) is 9.40 Å². The number of hydrogen-bond acceptors (Lipinski definition) is 4. The van der Waals surface area contributed by atoms with Crippen LogP contribution in [0.2, 0.25) is 5.02 Å². The third-order valence-corrected chi connectivity index (χ3v) is 4.32. The van der Waals surface area contributed by atoms with Gasteiger partial charge < -0.3 is 5.32 Å². The molecule has 0 aliphatic rings. The highest BCUT2D eigenvalue weighted by molar-refractivity contribution is 7.92. The molecule has 0 unspecified atom stereocenters. The van der Waals surface area contributed by atoms with E-state index in [1.54, 1.807) is 7.05 Å². The van der Waals surface area contributed by atoms with Crippen LogP contribution >= 0.6 is 11.6 Å². The average Bonchev–Trinajstić information content (AvgIpc) is 2.91. The normalized spacial score (nSPS) is 11.6. The molecule has 1 aromatic heterocycles. The van der Waals surface area contributed by atoms with Crippen molar-refractivity contribution in [1.82, 2.24) is 15.1 Å². The molecule has 0 amide bonds. The van der Waals surface area contributed by atoms with E-state index in [4.69, 9.17) is 11.6 Å². The van der Waals surface area contributed by atoms with Crippen LogP contribution in [0, 0.1) is 5.82 Å². The van der Waals surface area contributed by atoms with E-state index in [0.29, 0.717) is 13.1 Å². The molecule has 9 heteroatoms. The fourth-order valence-corrected chi connectivity index (χ4v) is 2.80. The summed E-state index contributed by atoms with van der Waals surface area (Å²) < 4.78 is 41.7. The second-order valence-electron chi connectivity index (χ2n) is 4.25. The fraction of sp³-hybridized carbons (Fsp3) is 0.250. The molecular weight excluding hydrogens is 319 g/mol. The number of halogens is 2. The molecule has 1 aromatic carbocycles. The molecule has 21 heavy (non-hydrogen) atoms. The Morgan fingerprint density at radius 1 is 1.43 bits per heavy atom. The molecule has 2 rings (SSSR count). The van der Waals surface area contributed by atoms with Crippen LogP contribution in [0.15, 0.2) is 35.5 Å². The van der Waals surface area contributed by atoms with Crippen molar-refractivity contribution >= 4 is 27.3 Å². The summed E-state index contributed by atoms with van der Waals surface area (Å²) >= 11 is 5.62. The van der Waals surface area contributed by atoms with Crippen molar-refractivity contribution in [1.29, 1.82) is 0 Å². The van der Waals surface area contributed by atoms with E-state index in [2.05, 4.69) is 15.1 Å². The summed E-state index contributed by atoms with van der Waals surface area (Å²) in [6, 6.07) is 4.09. The van der Waals surface area contributed by atoms with Gasteiger partial charge in [-0.15, -0.1) is 0 Å². The summed E-state index contributed by atoms with van der Waals surface area (Å²) in [5.74, 6) is -0.815. The van der Waals surface area contributed by atoms with Crippen molar-refractivity contribution in [3.05, 3.63) is 41.4 Å². The second kappa shape index (κ2) is 6.42. The van der Waals surface area contributed by atoms with Gasteiger partial charge in [0.15, 0.2) is 5.82 Å². The van der Waals surface area contributed by atoms with E-state index >= 15 is 0 Å². The predicted octanol–water partition coefficient (Wildman–Crippen LogP) is 1.70. The Morgan fingerprint density at radius 2 is 2.19 bits per heavy atom. The number of anilines is 1. The maximum absolute atomic E-state index is 13.7. The maximum Gasteiger partial charge on any atom is 0.265 e. The van der Waals surface area contributed by atoms with Crippen molar-refractivity contribution < 1.29 is 12.8 Å². The second-order valence-corrected chi connectivity index (χ2v) is 6.34. The van der Waals surface area contributed by atoms with Crippen LogP contribution in [-0.4, -0.2) is 31.8 Å². The topological polar surface area (TPSA) is 76.0 Å². The number of hydrogen-bond donors (Lipinski definition) is 2. The number of likely N-dealkylation sites (N-methyl/N-ethyl adjacent to an activating group) is 1. The standard InChI is InChI=1S/C12H14ClFN4O2S/c1-15-5-6-18-8-9(7-16-18)21(19,20)17-11-4-2-3-10(13)12(11)14/h2-4,7-8,15,17H,5-6H2,1H3. The first kappa shape index (κ1) is 15.7. The zero-order valence-electron chi connectivity index (χ0n) is 11.2. The highest BCUT2D eigenvalue weighted by Crippen LogP contribution is 2.24. The molecule has 0 aliphatic carbocycles. The van der Waals surface area contributed by atoms with Gasteiger partial charge in [0.2, 0.25) is 0 Å². The van der Waals surface area contributed by atoms with Gasteiger partial charge in [-0.1, -0.05) is 17.7 Å². The van der Waals surface area contributed by atoms with Gasteiger partial charge >= 0.3 is 0 Å². The van der Waals surface area contributed by atoms with Crippen molar-refractivity contribution in [2.24, 2.45) is 0 Å². The van der Waals surface area contributed by atoms with E-state index in [1.807, 2.05) is 0 Å². The minimum atomic E-state index is -3.91. The van der Waals surface area contributed by atoms with Gasteiger partial charge in [0.25, 0.3) is 10.0 Å². The van der Waals surface area contributed by atoms with Crippen LogP contribution in [0.1, 0.15) is 0 Å². The van der Waals surface area contributed by atoms with Gasteiger partial charge in [-0.05, 0) is 19.2 Å². The number of rotatable bonds is 6. The lowest BCUT2D eigenvalue weighted by atomic mass is 10.3. The molecule has 0 spiro atoms. The van der Waals surface area contributed by atoms with E-state index in [0.717, 1.165) is 0 Å². The SMILES string of the molecule is CNCCn1cc(S(=O)(=O)Nc2cccc(Cl)c2F)cn1. The molecule has 114 valence electrons. The van der Waals surface area contributed by atoms with Crippen LogP contribution < -0.4 is 10.0 Å². The van der Waals surface area contributed by atoms with Gasteiger partial charge in [-0.2, -0.15) is 5.10 Å². The molecule has 1 heterocycles. The molecule has 2 N–H and O–H groups in total. The summed E-state index contributed by atoms with van der Waals surface area (Å²) in [5, 5.41) is 6.71. The number of nitrogens with one attached hydrogen (secondary N) is 2. The summed E-state index contributed by atoms with van der Waals surface area (Å²) in [6.07, 6.45) is 2.59. The van der Waals surface area contributed by atoms with Crippen LogP contribution in [0.4, 0.5) is 10.1 Å². The zero-order chi connectivity index (χ0) is 15.5. The van der Waals surface area contributed by atoms with E-state index < -0.39 is 15.8 Å². The highest BCUT2D eigenvalue weighted by atomic mass is 35.5. The van der Waals surface area contributed by atoms with Crippen molar-refractivity contribution in [3.63, 3.8) is 0 Å². The van der Waals surface area contributed by atoms with Crippen LogP contribution in [-0.2, 0) is 16.6 Å². The lowest BCUT2D eigenvalue weighted by molar-refractivity contribution is 0.582. The Morgan fingerprint density at radius 3 is 2.90 bits per heavy atom. The van der Waals surface area contributed by atoms with Gasteiger partial charge in [0.1, 0.15) is 4.90 Å². The minimum absolute atomic E-state index is 0.0435. The highest BCUT2D eigenvalue weighted by Gasteiger charge is 2.19. The molecule has 0 fully saturated rings. The fourth-order valence-electron chi connectivity index (χ4n) is 1.62.